The summed E-state index contributed by atoms with van der Waals surface area (Å²) in [7, 11) is 0. The summed E-state index contributed by atoms with van der Waals surface area (Å²) in [5.41, 5.74) is 4.53. The molecule has 2 heteroatoms. The first-order valence-electron chi connectivity index (χ1n) is 6.13. The number of rotatable bonds is 4. The van der Waals surface area contributed by atoms with Gasteiger partial charge in [-0.15, -0.1) is 0 Å². The molecule has 0 amide bonds. The lowest BCUT2D eigenvalue weighted by Gasteiger charge is -2.15. The number of hydrogen-bond acceptors (Lipinski definition) is 2. The maximum atomic E-state index is 4.52. The van der Waals surface area contributed by atoms with Crippen LogP contribution in [0.4, 0.5) is 5.69 Å². The van der Waals surface area contributed by atoms with Crippen molar-refractivity contribution in [2.75, 3.05) is 4.90 Å². The predicted molar refractivity (Wildman–Crippen MR) is 79.6 cm³/mol. The molecule has 1 aliphatic rings. The van der Waals surface area contributed by atoms with Crippen LogP contribution in [0.15, 0.2) is 60.4 Å². The molecule has 0 bridgehead atoms. The van der Waals surface area contributed by atoms with Gasteiger partial charge in [0.2, 0.25) is 0 Å². The van der Waals surface area contributed by atoms with Crippen molar-refractivity contribution in [2.24, 2.45) is 4.99 Å². The zero-order chi connectivity index (χ0) is 13.0. The third-order valence-electron chi connectivity index (χ3n) is 2.87. The van der Waals surface area contributed by atoms with Gasteiger partial charge in [-0.1, -0.05) is 30.9 Å². The van der Waals surface area contributed by atoms with Crippen LogP contribution in [0.25, 0.3) is 5.70 Å². The van der Waals surface area contributed by atoms with Crippen LogP contribution >= 0.6 is 0 Å². The number of aliphatic imine (C=N–C) groups is 1. The summed E-state index contributed by atoms with van der Waals surface area (Å²) < 4.78 is 0. The molecular weight excluding hydrogens is 220 g/mol. The van der Waals surface area contributed by atoms with Crippen LogP contribution < -0.4 is 4.90 Å². The van der Waals surface area contributed by atoms with Gasteiger partial charge < -0.3 is 4.90 Å². The van der Waals surface area contributed by atoms with Crippen LogP contribution in [0.3, 0.4) is 0 Å². The predicted octanol–water partition coefficient (Wildman–Crippen LogP) is 4.38. The molecule has 0 aromatic heterocycles. The van der Waals surface area contributed by atoms with Gasteiger partial charge in [0.15, 0.2) is 0 Å². The fourth-order valence-corrected chi connectivity index (χ4v) is 1.94. The molecule has 1 aromatic carbocycles. The molecule has 1 aliphatic heterocycles. The van der Waals surface area contributed by atoms with Crippen molar-refractivity contribution in [1.82, 2.24) is 0 Å². The molecular formula is C16H18N2. The molecule has 1 heterocycles. The van der Waals surface area contributed by atoms with Gasteiger partial charge in [0, 0.05) is 30.2 Å². The van der Waals surface area contributed by atoms with Gasteiger partial charge in [-0.25, -0.2) is 0 Å². The van der Waals surface area contributed by atoms with Crippen molar-refractivity contribution in [3.63, 3.8) is 0 Å². The lowest BCUT2D eigenvalue weighted by atomic mass is 10.1. The third kappa shape index (κ3) is 2.59. The van der Waals surface area contributed by atoms with Crippen LogP contribution in [0, 0.1) is 0 Å². The summed E-state index contributed by atoms with van der Waals surface area (Å²) in [5.74, 6) is 0. The van der Waals surface area contributed by atoms with E-state index in [1.165, 1.54) is 11.3 Å². The highest BCUT2D eigenvalue weighted by atomic mass is 15.1. The Morgan fingerprint density at radius 3 is 2.50 bits per heavy atom. The van der Waals surface area contributed by atoms with Crippen molar-refractivity contribution in [2.45, 2.75) is 20.3 Å². The van der Waals surface area contributed by atoms with Crippen molar-refractivity contribution >= 4 is 17.1 Å². The number of anilines is 1. The zero-order valence-corrected chi connectivity index (χ0v) is 10.9. The molecule has 0 fully saturated rings. The zero-order valence-electron chi connectivity index (χ0n) is 10.9. The lowest BCUT2D eigenvalue weighted by Crippen LogP contribution is -2.05. The van der Waals surface area contributed by atoms with Crippen LogP contribution in [0.5, 0.6) is 0 Å². The second-order valence-corrected chi connectivity index (χ2v) is 4.26. The normalized spacial score (nSPS) is 14.6. The fourth-order valence-electron chi connectivity index (χ4n) is 1.94. The minimum absolute atomic E-state index is 0.967. The highest BCUT2D eigenvalue weighted by Crippen LogP contribution is 2.25. The summed E-state index contributed by atoms with van der Waals surface area (Å²) in [6.07, 6.45) is 8.91. The van der Waals surface area contributed by atoms with E-state index in [1.54, 1.807) is 6.20 Å². The minimum atomic E-state index is 0.967. The van der Waals surface area contributed by atoms with E-state index in [0.29, 0.717) is 0 Å². The Labute approximate surface area is 109 Å². The molecule has 0 aliphatic carbocycles. The van der Waals surface area contributed by atoms with Crippen LogP contribution in [0.1, 0.15) is 25.8 Å². The molecule has 0 saturated carbocycles. The molecule has 0 unspecified atom stereocenters. The van der Waals surface area contributed by atoms with E-state index in [9.17, 15) is 0 Å². The van der Waals surface area contributed by atoms with Crippen molar-refractivity contribution < 1.29 is 0 Å². The smallest absolute Gasteiger partial charge is 0.0665 e. The quantitative estimate of drug-likeness (QED) is 0.760. The first kappa shape index (κ1) is 12.4. The van der Waals surface area contributed by atoms with E-state index in [4.69, 9.17) is 0 Å². The van der Waals surface area contributed by atoms with E-state index in [-0.39, 0.29) is 0 Å². The first-order chi connectivity index (χ1) is 8.74. The molecule has 1 aromatic rings. The number of hydrogen-bond donors (Lipinski definition) is 0. The monoisotopic (exact) mass is 238 g/mol. The summed E-state index contributed by atoms with van der Waals surface area (Å²) >= 11 is 0. The first-order valence-corrected chi connectivity index (χ1v) is 6.13. The molecule has 0 radical (unpaired) electrons. The summed E-state index contributed by atoms with van der Waals surface area (Å²) in [6, 6.07) is 8.37. The van der Waals surface area contributed by atoms with Crippen molar-refractivity contribution in [3.8, 4) is 0 Å². The molecule has 0 atom stereocenters. The Bertz CT molecular complexity index is 519. The second kappa shape index (κ2) is 5.50. The van der Waals surface area contributed by atoms with Gasteiger partial charge in [0.05, 0.1) is 5.70 Å². The van der Waals surface area contributed by atoms with Gasteiger partial charge >= 0.3 is 0 Å². The summed E-state index contributed by atoms with van der Waals surface area (Å²) in [6.45, 7) is 7.86. The number of allylic oxidation sites excluding steroid dienone is 2. The molecule has 0 N–H and O–H groups in total. The highest BCUT2D eigenvalue weighted by molar-refractivity contribution is 5.94. The average molecular weight is 238 g/mol. The SMILES string of the molecule is C=CN(/C=C\C)c1ccc(C2=CCC(C)=N2)cc1. The van der Waals surface area contributed by atoms with Crippen LogP contribution in [0.2, 0.25) is 0 Å². The largest absolute Gasteiger partial charge is 0.325 e. The summed E-state index contributed by atoms with van der Waals surface area (Å²) in [4.78, 5) is 6.51. The molecule has 0 saturated heterocycles. The molecule has 92 valence electrons. The van der Waals surface area contributed by atoms with E-state index >= 15 is 0 Å². The maximum absolute atomic E-state index is 4.52. The van der Waals surface area contributed by atoms with Gasteiger partial charge in [-0.3, -0.25) is 4.99 Å². The van der Waals surface area contributed by atoms with Gasteiger partial charge in [0.25, 0.3) is 0 Å². The average Bonchev–Trinajstić information content (AvgIpc) is 2.83. The fraction of sp³-hybridized carbons (Fsp3) is 0.188. The minimum Gasteiger partial charge on any atom is -0.325 e. The maximum Gasteiger partial charge on any atom is 0.0665 e. The number of benzene rings is 1. The van der Waals surface area contributed by atoms with E-state index in [0.717, 1.165) is 17.8 Å². The second-order valence-electron chi connectivity index (χ2n) is 4.26. The van der Waals surface area contributed by atoms with E-state index in [2.05, 4.69) is 48.8 Å². The Balaban J connectivity index is 2.22. The Kier molecular flexibility index (Phi) is 3.78. The van der Waals surface area contributed by atoms with Gasteiger partial charge in [-0.05, 0) is 31.5 Å². The van der Waals surface area contributed by atoms with Gasteiger partial charge in [-0.2, -0.15) is 0 Å². The molecule has 2 rings (SSSR count). The van der Waals surface area contributed by atoms with Crippen molar-refractivity contribution in [3.05, 3.63) is 61.0 Å². The standard InChI is InChI=1S/C16H18N2/c1-4-12-18(5-2)15-9-7-14(8-10-15)16-11-6-13(3)17-16/h4-5,7-12H,2,6H2,1,3H3/b12-4-. The lowest BCUT2D eigenvalue weighted by molar-refractivity contribution is 1.28. The van der Waals surface area contributed by atoms with Gasteiger partial charge in [0.1, 0.15) is 0 Å². The molecule has 18 heavy (non-hydrogen) atoms. The van der Waals surface area contributed by atoms with Crippen molar-refractivity contribution in [1.29, 1.82) is 0 Å². The van der Waals surface area contributed by atoms with Crippen LogP contribution in [-0.2, 0) is 0 Å². The topological polar surface area (TPSA) is 15.6 Å². The third-order valence-corrected chi connectivity index (χ3v) is 2.87. The Morgan fingerprint density at radius 1 is 1.28 bits per heavy atom. The Morgan fingerprint density at radius 2 is 2.00 bits per heavy atom. The van der Waals surface area contributed by atoms with E-state index < -0.39 is 0 Å². The Hall–Kier alpha value is -2.09. The highest BCUT2D eigenvalue weighted by Gasteiger charge is 2.07. The molecule has 2 nitrogen and oxygen atoms in total. The van der Waals surface area contributed by atoms with E-state index in [1.807, 2.05) is 24.1 Å². The van der Waals surface area contributed by atoms with Crippen LogP contribution in [-0.4, -0.2) is 5.71 Å². The number of nitrogens with zero attached hydrogens (tertiary/aromatic N) is 2. The molecule has 0 spiro atoms. The summed E-state index contributed by atoms with van der Waals surface area (Å²) in [5, 5.41) is 0.